The Labute approximate surface area is 186 Å². The zero-order valence-corrected chi connectivity index (χ0v) is 19.5. The van der Waals surface area contributed by atoms with Gasteiger partial charge in [-0.1, -0.05) is 5.21 Å². The Morgan fingerprint density at radius 1 is 1.38 bits per heavy atom. The number of halogens is 1. The van der Waals surface area contributed by atoms with E-state index in [-0.39, 0.29) is 29.9 Å². The van der Waals surface area contributed by atoms with Gasteiger partial charge in [0.15, 0.2) is 5.82 Å². The SMILES string of the molecule is CCOC(=O)CC1CCCN(c2c(F)cc(-c3nnn(C)c3COS(C)(=O)=O)nc2C)C1. The third kappa shape index (κ3) is 5.80. The maximum absolute atomic E-state index is 15.2. The van der Waals surface area contributed by atoms with Crippen molar-refractivity contribution >= 4 is 21.8 Å². The zero-order valence-electron chi connectivity index (χ0n) is 18.7. The third-order valence-electron chi connectivity index (χ3n) is 5.31. The highest BCUT2D eigenvalue weighted by atomic mass is 32.2. The van der Waals surface area contributed by atoms with E-state index in [1.54, 1.807) is 20.9 Å². The lowest BCUT2D eigenvalue weighted by Crippen LogP contribution is -2.37. The highest BCUT2D eigenvalue weighted by molar-refractivity contribution is 7.85. The smallest absolute Gasteiger partial charge is 0.306 e. The molecule has 2 aromatic rings. The third-order valence-corrected chi connectivity index (χ3v) is 5.86. The first-order valence-corrected chi connectivity index (χ1v) is 12.2. The van der Waals surface area contributed by atoms with Crippen molar-refractivity contribution < 1.29 is 26.5 Å². The highest BCUT2D eigenvalue weighted by Crippen LogP contribution is 2.32. The number of carbonyl (C=O) groups is 1. The summed E-state index contributed by atoms with van der Waals surface area (Å²) in [6.45, 7) is 4.73. The predicted molar refractivity (Wildman–Crippen MR) is 115 cm³/mol. The van der Waals surface area contributed by atoms with Gasteiger partial charge in [0.05, 0.1) is 42.1 Å². The Kier molecular flexibility index (Phi) is 7.44. The largest absolute Gasteiger partial charge is 0.466 e. The lowest BCUT2D eigenvalue weighted by molar-refractivity contribution is -0.144. The summed E-state index contributed by atoms with van der Waals surface area (Å²) >= 11 is 0. The zero-order chi connectivity index (χ0) is 23.5. The van der Waals surface area contributed by atoms with Crippen molar-refractivity contribution in [2.75, 3.05) is 30.9 Å². The van der Waals surface area contributed by atoms with Gasteiger partial charge in [-0.15, -0.1) is 5.10 Å². The summed E-state index contributed by atoms with van der Waals surface area (Å²) in [5.74, 6) is -0.623. The molecule has 0 amide bonds. The summed E-state index contributed by atoms with van der Waals surface area (Å²) in [4.78, 5) is 18.3. The van der Waals surface area contributed by atoms with Crippen molar-refractivity contribution in [1.82, 2.24) is 20.0 Å². The molecule has 0 saturated carbocycles. The van der Waals surface area contributed by atoms with Crippen LogP contribution in [0.25, 0.3) is 11.4 Å². The van der Waals surface area contributed by atoms with Crippen molar-refractivity contribution in [1.29, 1.82) is 0 Å². The standard InChI is InChI=1S/C20H28FN5O5S/c1-5-30-18(27)9-14-7-6-8-26(11-14)20-13(2)22-16(10-15(20)21)19-17(25(3)24-23-19)12-31-32(4,28)29/h10,14H,5-9,11-12H2,1-4H3. The van der Waals surface area contributed by atoms with Crippen LogP contribution in [0.15, 0.2) is 6.07 Å². The van der Waals surface area contributed by atoms with Gasteiger partial charge in [-0.3, -0.25) is 8.98 Å². The van der Waals surface area contributed by atoms with E-state index in [1.165, 1.54) is 10.7 Å². The summed E-state index contributed by atoms with van der Waals surface area (Å²) in [5, 5.41) is 7.91. The highest BCUT2D eigenvalue weighted by Gasteiger charge is 2.27. The van der Waals surface area contributed by atoms with E-state index < -0.39 is 15.9 Å². The fraction of sp³-hybridized carbons (Fsp3) is 0.600. The molecule has 0 aromatic carbocycles. The lowest BCUT2D eigenvalue weighted by Gasteiger charge is -2.35. The molecule has 1 fully saturated rings. The van der Waals surface area contributed by atoms with Gasteiger partial charge in [-0.05, 0) is 32.6 Å². The van der Waals surface area contributed by atoms with Crippen LogP contribution in [0.2, 0.25) is 0 Å². The van der Waals surface area contributed by atoms with Crippen molar-refractivity contribution in [3.8, 4) is 11.4 Å². The first-order valence-electron chi connectivity index (χ1n) is 10.4. The van der Waals surface area contributed by atoms with E-state index >= 15 is 4.39 Å². The molecule has 0 spiro atoms. The summed E-state index contributed by atoms with van der Waals surface area (Å²) < 4.78 is 49.2. The number of hydrogen-bond donors (Lipinski definition) is 0. The Bertz CT molecular complexity index is 1070. The predicted octanol–water partition coefficient (Wildman–Crippen LogP) is 1.97. The molecule has 10 nitrogen and oxygen atoms in total. The van der Waals surface area contributed by atoms with Crippen LogP contribution >= 0.6 is 0 Å². The Hall–Kier alpha value is -2.60. The van der Waals surface area contributed by atoms with Crippen molar-refractivity contribution in [2.45, 2.75) is 39.7 Å². The van der Waals surface area contributed by atoms with E-state index in [1.807, 2.05) is 4.90 Å². The molecule has 0 bridgehead atoms. The molecule has 0 N–H and O–H groups in total. The molecule has 0 aliphatic carbocycles. The number of aryl methyl sites for hydroxylation is 2. The minimum absolute atomic E-state index is 0.0843. The van der Waals surface area contributed by atoms with Gasteiger partial charge in [0, 0.05) is 26.2 Å². The topological polar surface area (TPSA) is 117 Å². The Morgan fingerprint density at radius 2 is 2.12 bits per heavy atom. The molecule has 1 atom stereocenters. The maximum atomic E-state index is 15.2. The average Bonchev–Trinajstić information content (AvgIpc) is 3.06. The van der Waals surface area contributed by atoms with Gasteiger partial charge in [0.1, 0.15) is 12.3 Å². The van der Waals surface area contributed by atoms with Gasteiger partial charge in [0.2, 0.25) is 0 Å². The van der Waals surface area contributed by atoms with Gasteiger partial charge in [-0.2, -0.15) is 8.42 Å². The van der Waals surface area contributed by atoms with Gasteiger partial charge < -0.3 is 9.64 Å². The molecule has 1 unspecified atom stereocenters. The maximum Gasteiger partial charge on any atom is 0.306 e. The number of ether oxygens (including phenoxy) is 1. The minimum Gasteiger partial charge on any atom is -0.466 e. The average molecular weight is 470 g/mol. The number of anilines is 1. The summed E-state index contributed by atoms with van der Waals surface area (Å²) in [5.41, 5.74) is 1.71. The normalized spacial score (nSPS) is 16.9. The molecule has 2 aromatic heterocycles. The van der Waals surface area contributed by atoms with Crippen LogP contribution in [-0.2, 0) is 37.5 Å². The number of nitrogens with zero attached hydrogens (tertiary/aromatic N) is 5. The fourth-order valence-electron chi connectivity index (χ4n) is 3.92. The van der Waals surface area contributed by atoms with Crippen LogP contribution in [0.3, 0.4) is 0 Å². The van der Waals surface area contributed by atoms with Crippen molar-refractivity contribution in [3.63, 3.8) is 0 Å². The number of esters is 1. The van der Waals surface area contributed by atoms with Crippen molar-refractivity contribution in [2.24, 2.45) is 13.0 Å². The second-order valence-electron chi connectivity index (χ2n) is 7.86. The number of rotatable bonds is 8. The molecule has 3 heterocycles. The van der Waals surface area contributed by atoms with E-state index in [2.05, 4.69) is 15.3 Å². The molecule has 12 heteroatoms. The summed E-state index contributed by atoms with van der Waals surface area (Å²) in [6.07, 6.45) is 2.97. The van der Waals surface area contributed by atoms with Crippen LogP contribution in [0, 0.1) is 18.7 Å². The van der Waals surface area contributed by atoms with Crippen LogP contribution in [0.1, 0.15) is 37.6 Å². The molecule has 3 rings (SSSR count). The fourth-order valence-corrected chi connectivity index (χ4v) is 4.24. The van der Waals surface area contributed by atoms with Crippen LogP contribution in [0.4, 0.5) is 10.1 Å². The quantitative estimate of drug-likeness (QED) is 0.422. The van der Waals surface area contributed by atoms with E-state index in [9.17, 15) is 13.2 Å². The lowest BCUT2D eigenvalue weighted by atomic mass is 9.94. The van der Waals surface area contributed by atoms with E-state index in [0.717, 1.165) is 19.1 Å². The molecule has 1 saturated heterocycles. The van der Waals surface area contributed by atoms with E-state index in [0.29, 0.717) is 43.2 Å². The second-order valence-corrected chi connectivity index (χ2v) is 9.51. The molecular formula is C20H28FN5O5S. The Morgan fingerprint density at radius 3 is 2.78 bits per heavy atom. The van der Waals surface area contributed by atoms with Gasteiger partial charge in [-0.25, -0.2) is 14.1 Å². The molecular weight excluding hydrogens is 441 g/mol. The molecule has 0 radical (unpaired) electrons. The molecule has 32 heavy (non-hydrogen) atoms. The number of piperidine rings is 1. The summed E-state index contributed by atoms with van der Waals surface area (Å²) in [7, 11) is -2.08. The second kappa shape index (κ2) is 9.90. The first-order chi connectivity index (χ1) is 15.1. The number of carbonyl (C=O) groups excluding carboxylic acids is 1. The minimum atomic E-state index is -3.67. The monoisotopic (exact) mass is 469 g/mol. The van der Waals surface area contributed by atoms with Crippen LogP contribution in [0.5, 0.6) is 0 Å². The molecule has 1 aliphatic heterocycles. The summed E-state index contributed by atoms with van der Waals surface area (Å²) in [6, 6.07) is 1.27. The molecule has 1 aliphatic rings. The van der Waals surface area contributed by atoms with Crippen LogP contribution < -0.4 is 4.90 Å². The Balaban J connectivity index is 1.84. The molecule has 176 valence electrons. The van der Waals surface area contributed by atoms with Crippen molar-refractivity contribution in [3.05, 3.63) is 23.3 Å². The number of hydrogen-bond acceptors (Lipinski definition) is 9. The number of aromatic nitrogens is 4. The van der Waals surface area contributed by atoms with Gasteiger partial charge >= 0.3 is 5.97 Å². The van der Waals surface area contributed by atoms with Gasteiger partial charge in [0.25, 0.3) is 10.1 Å². The van der Waals surface area contributed by atoms with Crippen LogP contribution in [-0.4, -0.2) is 60.3 Å². The first kappa shape index (κ1) is 24.1. The van der Waals surface area contributed by atoms with E-state index in [4.69, 9.17) is 8.92 Å². The number of pyridine rings is 1.